The second-order valence-corrected chi connectivity index (χ2v) is 5.99. The van der Waals surface area contributed by atoms with Crippen LogP contribution in [-0.2, 0) is 0 Å². The van der Waals surface area contributed by atoms with Crippen LogP contribution in [-0.4, -0.2) is 20.8 Å². The standard InChI is InChI=1S/C18H29NO2/c1-5-18(12-7-8-13-18)17(19-6-2)16-14(20-3)10-9-11-15(16)21-4/h9-11,17,19H,5-8,12-13H2,1-4H3. The van der Waals surface area contributed by atoms with E-state index in [0.717, 1.165) is 18.0 Å². The Bertz CT molecular complexity index is 430. The molecular weight excluding hydrogens is 262 g/mol. The van der Waals surface area contributed by atoms with Crippen molar-refractivity contribution in [3.8, 4) is 11.5 Å². The molecule has 3 heteroatoms. The van der Waals surface area contributed by atoms with Gasteiger partial charge in [0.05, 0.1) is 19.8 Å². The molecule has 0 amide bonds. The highest BCUT2D eigenvalue weighted by molar-refractivity contribution is 5.48. The Labute approximate surface area is 129 Å². The molecule has 1 aliphatic carbocycles. The molecule has 3 nitrogen and oxygen atoms in total. The van der Waals surface area contributed by atoms with Crippen LogP contribution in [0.2, 0.25) is 0 Å². The van der Waals surface area contributed by atoms with Crippen molar-refractivity contribution in [1.29, 1.82) is 0 Å². The lowest BCUT2D eigenvalue weighted by atomic mass is 9.73. The third kappa shape index (κ3) is 3.03. The molecule has 0 saturated heterocycles. The van der Waals surface area contributed by atoms with Crippen molar-refractivity contribution in [3.63, 3.8) is 0 Å². The third-order valence-corrected chi connectivity index (χ3v) is 5.08. The van der Waals surface area contributed by atoms with Gasteiger partial charge in [0.1, 0.15) is 11.5 Å². The molecule has 0 bridgehead atoms. The summed E-state index contributed by atoms with van der Waals surface area (Å²) in [5.41, 5.74) is 1.51. The number of hydrogen-bond acceptors (Lipinski definition) is 3. The van der Waals surface area contributed by atoms with Crippen molar-refractivity contribution in [3.05, 3.63) is 23.8 Å². The molecule has 0 aromatic heterocycles. The average molecular weight is 291 g/mol. The molecule has 118 valence electrons. The van der Waals surface area contributed by atoms with E-state index in [1.54, 1.807) is 14.2 Å². The van der Waals surface area contributed by atoms with E-state index in [2.05, 4.69) is 19.2 Å². The van der Waals surface area contributed by atoms with Crippen LogP contribution in [0.3, 0.4) is 0 Å². The lowest BCUT2D eigenvalue weighted by molar-refractivity contribution is 0.181. The molecule has 2 rings (SSSR count). The number of nitrogens with one attached hydrogen (secondary N) is 1. The van der Waals surface area contributed by atoms with E-state index in [1.165, 1.54) is 37.7 Å². The summed E-state index contributed by atoms with van der Waals surface area (Å²) in [6, 6.07) is 6.37. The molecule has 1 aromatic rings. The first-order valence-electron chi connectivity index (χ1n) is 8.16. The largest absolute Gasteiger partial charge is 0.496 e. The fraction of sp³-hybridized carbons (Fsp3) is 0.667. The van der Waals surface area contributed by atoms with Crippen LogP contribution in [0.1, 0.15) is 57.6 Å². The highest BCUT2D eigenvalue weighted by Gasteiger charge is 2.42. The zero-order valence-corrected chi connectivity index (χ0v) is 13.9. The SMILES string of the molecule is CCNC(c1c(OC)cccc1OC)C1(CC)CCCC1. The topological polar surface area (TPSA) is 30.5 Å². The highest BCUT2D eigenvalue weighted by Crippen LogP contribution is 2.53. The molecule has 0 heterocycles. The van der Waals surface area contributed by atoms with Gasteiger partial charge in [0.15, 0.2) is 0 Å². The average Bonchev–Trinajstić information content (AvgIpc) is 3.02. The van der Waals surface area contributed by atoms with Crippen molar-refractivity contribution in [2.75, 3.05) is 20.8 Å². The van der Waals surface area contributed by atoms with Crippen LogP contribution in [0.5, 0.6) is 11.5 Å². The van der Waals surface area contributed by atoms with Crippen molar-refractivity contribution in [2.24, 2.45) is 5.41 Å². The third-order valence-electron chi connectivity index (χ3n) is 5.08. The Morgan fingerprint density at radius 2 is 1.67 bits per heavy atom. The molecule has 1 unspecified atom stereocenters. The van der Waals surface area contributed by atoms with Gasteiger partial charge in [0.2, 0.25) is 0 Å². The van der Waals surface area contributed by atoms with Crippen molar-refractivity contribution >= 4 is 0 Å². The molecule has 0 radical (unpaired) electrons. The summed E-state index contributed by atoms with van der Waals surface area (Å²) in [5.74, 6) is 1.86. The zero-order valence-electron chi connectivity index (χ0n) is 13.9. The minimum absolute atomic E-state index is 0.293. The van der Waals surface area contributed by atoms with E-state index in [9.17, 15) is 0 Å². The van der Waals surface area contributed by atoms with Crippen molar-refractivity contribution < 1.29 is 9.47 Å². The maximum Gasteiger partial charge on any atom is 0.127 e. The van der Waals surface area contributed by atoms with Crippen molar-refractivity contribution in [2.45, 2.75) is 52.0 Å². The van der Waals surface area contributed by atoms with Crippen LogP contribution in [0.15, 0.2) is 18.2 Å². The highest BCUT2D eigenvalue weighted by atomic mass is 16.5. The number of benzene rings is 1. The zero-order chi connectivity index (χ0) is 15.3. The molecule has 1 aromatic carbocycles. The predicted molar refractivity (Wildman–Crippen MR) is 87.2 cm³/mol. The monoisotopic (exact) mass is 291 g/mol. The lowest BCUT2D eigenvalue weighted by Gasteiger charge is -2.39. The van der Waals surface area contributed by atoms with Crippen LogP contribution in [0.25, 0.3) is 0 Å². The van der Waals surface area contributed by atoms with Gasteiger partial charge in [-0.25, -0.2) is 0 Å². The summed E-state index contributed by atoms with van der Waals surface area (Å²) in [6.45, 7) is 5.44. The second-order valence-electron chi connectivity index (χ2n) is 5.99. The van der Waals surface area contributed by atoms with E-state index >= 15 is 0 Å². The van der Waals surface area contributed by atoms with Crippen LogP contribution >= 0.6 is 0 Å². The van der Waals surface area contributed by atoms with E-state index in [-0.39, 0.29) is 0 Å². The van der Waals surface area contributed by atoms with Gasteiger partial charge >= 0.3 is 0 Å². The van der Waals surface area contributed by atoms with Gasteiger partial charge in [-0.2, -0.15) is 0 Å². The van der Waals surface area contributed by atoms with Gasteiger partial charge in [-0.15, -0.1) is 0 Å². The Morgan fingerprint density at radius 3 is 2.10 bits per heavy atom. The number of rotatable bonds is 7. The van der Waals surface area contributed by atoms with Crippen LogP contribution < -0.4 is 14.8 Å². The summed E-state index contributed by atoms with van der Waals surface area (Å²) in [7, 11) is 3.49. The first-order valence-corrected chi connectivity index (χ1v) is 8.16. The van der Waals surface area contributed by atoms with E-state index in [0.29, 0.717) is 11.5 Å². The van der Waals surface area contributed by atoms with Gasteiger partial charge in [-0.3, -0.25) is 0 Å². The molecular formula is C18H29NO2. The minimum Gasteiger partial charge on any atom is -0.496 e. The summed E-state index contributed by atoms with van der Waals surface area (Å²) >= 11 is 0. The quantitative estimate of drug-likeness (QED) is 0.811. The van der Waals surface area contributed by atoms with Gasteiger partial charge in [0, 0.05) is 6.04 Å². The lowest BCUT2D eigenvalue weighted by Crippen LogP contribution is -2.36. The van der Waals surface area contributed by atoms with Gasteiger partial charge < -0.3 is 14.8 Å². The Kier molecular flexibility index (Phi) is 5.51. The summed E-state index contributed by atoms with van der Waals surface area (Å²) in [6.07, 6.45) is 6.40. The van der Waals surface area contributed by atoms with E-state index in [1.807, 2.05) is 18.2 Å². The molecule has 1 atom stereocenters. The Balaban J connectivity index is 2.51. The maximum atomic E-state index is 5.64. The molecule has 1 fully saturated rings. The molecule has 1 aliphatic rings. The molecule has 0 spiro atoms. The Morgan fingerprint density at radius 1 is 1.10 bits per heavy atom. The number of methoxy groups -OCH3 is 2. The maximum absolute atomic E-state index is 5.64. The fourth-order valence-corrected chi connectivity index (χ4v) is 3.92. The minimum atomic E-state index is 0.293. The molecule has 1 saturated carbocycles. The first kappa shape index (κ1) is 16.2. The summed E-state index contributed by atoms with van der Waals surface area (Å²) in [4.78, 5) is 0. The fourth-order valence-electron chi connectivity index (χ4n) is 3.92. The number of hydrogen-bond donors (Lipinski definition) is 1. The first-order chi connectivity index (χ1) is 10.2. The van der Waals surface area contributed by atoms with Gasteiger partial charge in [0.25, 0.3) is 0 Å². The normalized spacial score (nSPS) is 18.5. The predicted octanol–water partition coefficient (Wildman–Crippen LogP) is 4.32. The summed E-state index contributed by atoms with van der Waals surface area (Å²) < 4.78 is 11.3. The van der Waals surface area contributed by atoms with Crippen molar-refractivity contribution in [1.82, 2.24) is 5.32 Å². The molecule has 1 N–H and O–H groups in total. The van der Waals surface area contributed by atoms with Gasteiger partial charge in [-0.05, 0) is 43.4 Å². The van der Waals surface area contributed by atoms with Crippen LogP contribution in [0, 0.1) is 5.41 Å². The van der Waals surface area contributed by atoms with Crippen LogP contribution in [0.4, 0.5) is 0 Å². The number of ether oxygens (including phenoxy) is 2. The molecule has 0 aliphatic heterocycles. The summed E-state index contributed by atoms with van der Waals surface area (Å²) in [5, 5.41) is 3.72. The second kappa shape index (κ2) is 7.17. The van der Waals surface area contributed by atoms with E-state index < -0.39 is 0 Å². The Hall–Kier alpha value is -1.22. The molecule has 21 heavy (non-hydrogen) atoms. The smallest absolute Gasteiger partial charge is 0.127 e. The van der Waals surface area contributed by atoms with E-state index in [4.69, 9.17) is 9.47 Å². The van der Waals surface area contributed by atoms with Gasteiger partial charge in [-0.1, -0.05) is 32.8 Å².